The third-order valence-corrected chi connectivity index (χ3v) is 2.29. The fraction of sp³-hybridized carbons (Fsp3) is 0.300. The minimum Gasteiger partial charge on any atom is -0.493 e. The van der Waals surface area contributed by atoms with E-state index in [1.807, 2.05) is 0 Å². The molecule has 0 atom stereocenters. The van der Waals surface area contributed by atoms with Crippen LogP contribution in [-0.4, -0.2) is 25.6 Å². The highest BCUT2D eigenvalue weighted by molar-refractivity contribution is 6.68. The second-order valence-electron chi connectivity index (χ2n) is 2.94. The molecule has 4 nitrogen and oxygen atoms in total. The highest BCUT2D eigenvalue weighted by Gasteiger charge is 2.23. The lowest BCUT2D eigenvalue weighted by Gasteiger charge is -2.21. The number of ether oxygens (including phenoxy) is 3. The Balaban J connectivity index is 2.57. The van der Waals surface area contributed by atoms with Gasteiger partial charge in [-0.2, -0.15) is 0 Å². The number of carbonyl (C=O) groups is 1. The zero-order valence-corrected chi connectivity index (χ0v) is 8.84. The maximum Gasteiger partial charge on any atom is 0.256 e. The van der Waals surface area contributed by atoms with E-state index in [4.69, 9.17) is 25.8 Å². The molecule has 0 aliphatic carbocycles. The van der Waals surface area contributed by atoms with Crippen molar-refractivity contribution in [2.24, 2.45) is 0 Å². The molecule has 0 aromatic heterocycles. The molecule has 1 aromatic carbocycles. The van der Waals surface area contributed by atoms with Crippen molar-refractivity contribution in [1.82, 2.24) is 0 Å². The molecule has 1 aliphatic heterocycles. The summed E-state index contributed by atoms with van der Waals surface area (Å²) in [4.78, 5) is 11.1. The molecule has 15 heavy (non-hydrogen) atoms. The molecule has 0 saturated heterocycles. The average Bonchev–Trinajstić information content (AvgIpc) is 2.27. The fourth-order valence-corrected chi connectivity index (χ4v) is 1.58. The molecule has 1 aliphatic rings. The van der Waals surface area contributed by atoms with Crippen LogP contribution in [0.25, 0.3) is 0 Å². The summed E-state index contributed by atoms with van der Waals surface area (Å²) in [6.45, 7) is 0.834. The molecule has 0 amide bonds. The molecule has 0 bridgehead atoms. The van der Waals surface area contributed by atoms with Crippen molar-refractivity contribution >= 4 is 16.8 Å². The number of hydrogen-bond donors (Lipinski definition) is 0. The summed E-state index contributed by atoms with van der Waals surface area (Å²) in [7, 11) is 1.52. The molecular formula is C10H9ClO4. The zero-order valence-electron chi connectivity index (χ0n) is 8.08. The summed E-state index contributed by atoms with van der Waals surface area (Å²) >= 11 is 5.42. The van der Waals surface area contributed by atoms with Gasteiger partial charge < -0.3 is 14.2 Å². The first-order valence-corrected chi connectivity index (χ1v) is 4.78. The number of fused-ring (bicyclic) bond motifs is 1. The molecule has 0 N–H and O–H groups in total. The SMILES string of the molecule is COc1ccc(C(=O)Cl)c2c1OCCO2. The van der Waals surface area contributed by atoms with Crippen LogP contribution in [-0.2, 0) is 0 Å². The molecule has 0 saturated carbocycles. The van der Waals surface area contributed by atoms with Gasteiger partial charge in [-0.05, 0) is 23.7 Å². The first-order valence-electron chi connectivity index (χ1n) is 4.40. The average molecular weight is 229 g/mol. The van der Waals surface area contributed by atoms with E-state index in [0.29, 0.717) is 36.0 Å². The number of carbonyl (C=O) groups excluding carboxylic acids is 1. The molecule has 0 fully saturated rings. The summed E-state index contributed by atoms with van der Waals surface area (Å²) in [5, 5.41) is -0.570. The third kappa shape index (κ3) is 1.72. The van der Waals surface area contributed by atoms with Crippen LogP contribution in [0.1, 0.15) is 10.4 Å². The second-order valence-corrected chi connectivity index (χ2v) is 3.29. The van der Waals surface area contributed by atoms with E-state index in [-0.39, 0.29) is 0 Å². The number of benzene rings is 1. The van der Waals surface area contributed by atoms with Crippen LogP contribution >= 0.6 is 11.6 Å². The van der Waals surface area contributed by atoms with Crippen molar-refractivity contribution in [2.75, 3.05) is 20.3 Å². The predicted octanol–water partition coefficient (Wildman–Crippen LogP) is 1.85. The number of rotatable bonds is 2. The van der Waals surface area contributed by atoms with Gasteiger partial charge in [0, 0.05) is 0 Å². The van der Waals surface area contributed by atoms with Crippen LogP contribution in [0, 0.1) is 0 Å². The van der Waals surface area contributed by atoms with Crippen molar-refractivity contribution in [3.63, 3.8) is 0 Å². The fourth-order valence-electron chi connectivity index (χ4n) is 1.43. The second kappa shape index (κ2) is 3.98. The lowest BCUT2D eigenvalue weighted by molar-refractivity contribution is 0.106. The molecule has 0 radical (unpaired) electrons. The Bertz CT molecular complexity index is 403. The van der Waals surface area contributed by atoms with Gasteiger partial charge in [0.2, 0.25) is 5.75 Å². The predicted molar refractivity (Wildman–Crippen MR) is 54.2 cm³/mol. The van der Waals surface area contributed by atoms with E-state index < -0.39 is 5.24 Å². The van der Waals surface area contributed by atoms with Crippen LogP contribution in [0.4, 0.5) is 0 Å². The van der Waals surface area contributed by atoms with Gasteiger partial charge in [0.1, 0.15) is 13.2 Å². The molecular weight excluding hydrogens is 220 g/mol. The first kappa shape index (κ1) is 10.1. The molecule has 80 valence electrons. The standard InChI is InChI=1S/C10H9ClO4/c1-13-7-3-2-6(10(11)12)8-9(7)15-5-4-14-8/h2-3H,4-5H2,1H3. The first-order chi connectivity index (χ1) is 7.24. The van der Waals surface area contributed by atoms with Crippen molar-refractivity contribution < 1.29 is 19.0 Å². The Morgan fingerprint density at radius 1 is 1.33 bits per heavy atom. The normalized spacial score (nSPS) is 13.5. The van der Waals surface area contributed by atoms with Gasteiger partial charge in [0.05, 0.1) is 12.7 Å². The van der Waals surface area contributed by atoms with E-state index in [9.17, 15) is 4.79 Å². The van der Waals surface area contributed by atoms with Gasteiger partial charge >= 0.3 is 0 Å². The van der Waals surface area contributed by atoms with Crippen molar-refractivity contribution in [3.8, 4) is 17.2 Å². The van der Waals surface area contributed by atoms with Crippen molar-refractivity contribution in [3.05, 3.63) is 17.7 Å². The van der Waals surface area contributed by atoms with E-state index in [0.717, 1.165) is 0 Å². The van der Waals surface area contributed by atoms with Crippen LogP contribution in [0.3, 0.4) is 0 Å². The van der Waals surface area contributed by atoms with Crippen LogP contribution in [0.5, 0.6) is 17.2 Å². The molecule has 1 aromatic rings. The lowest BCUT2D eigenvalue weighted by atomic mass is 10.2. The Hall–Kier alpha value is -1.42. The molecule has 2 rings (SSSR count). The van der Waals surface area contributed by atoms with Gasteiger partial charge in [-0.3, -0.25) is 4.79 Å². The highest BCUT2D eigenvalue weighted by atomic mass is 35.5. The van der Waals surface area contributed by atoms with E-state index >= 15 is 0 Å². The minimum atomic E-state index is -0.570. The van der Waals surface area contributed by atoms with Crippen molar-refractivity contribution in [2.45, 2.75) is 0 Å². The van der Waals surface area contributed by atoms with Crippen LogP contribution in [0.2, 0.25) is 0 Å². The quantitative estimate of drug-likeness (QED) is 0.725. The number of halogens is 1. The van der Waals surface area contributed by atoms with Crippen LogP contribution in [0.15, 0.2) is 12.1 Å². The van der Waals surface area contributed by atoms with E-state index in [1.54, 1.807) is 12.1 Å². The molecule has 1 heterocycles. The topological polar surface area (TPSA) is 44.8 Å². The van der Waals surface area contributed by atoms with Gasteiger partial charge in [-0.1, -0.05) is 0 Å². The third-order valence-electron chi connectivity index (χ3n) is 2.08. The maximum atomic E-state index is 11.1. The van der Waals surface area contributed by atoms with E-state index in [2.05, 4.69) is 0 Å². The van der Waals surface area contributed by atoms with Gasteiger partial charge in [0.25, 0.3) is 5.24 Å². The summed E-state index contributed by atoms with van der Waals surface area (Å²) in [5.74, 6) is 1.34. The van der Waals surface area contributed by atoms with Gasteiger partial charge in [0.15, 0.2) is 11.5 Å². The zero-order chi connectivity index (χ0) is 10.8. The van der Waals surface area contributed by atoms with Gasteiger partial charge in [-0.25, -0.2) is 0 Å². The van der Waals surface area contributed by atoms with E-state index in [1.165, 1.54) is 7.11 Å². The number of hydrogen-bond acceptors (Lipinski definition) is 4. The molecule has 0 unspecified atom stereocenters. The molecule has 0 spiro atoms. The highest BCUT2D eigenvalue weighted by Crippen LogP contribution is 2.42. The number of methoxy groups -OCH3 is 1. The Kier molecular flexibility index (Phi) is 2.68. The lowest BCUT2D eigenvalue weighted by Crippen LogP contribution is -2.17. The summed E-state index contributed by atoms with van der Waals surface area (Å²) < 4.78 is 15.8. The van der Waals surface area contributed by atoms with Crippen molar-refractivity contribution in [1.29, 1.82) is 0 Å². The van der Waals surface area contributed by atoms with Crippen LogP contribution < -0.4 is 14.2 Å². The summed E-state index contributed by atoms with van der Waals surface area (Å²) in [5.41, 5.74) is 0.298. The maximum absolute atomic E-state index is 11.1. The van der Waals surface area contributed by atoms with Gasteiger partial charge in [-0.15, -0.1) is 0 Å². The Morgan fingerprint density at radius 3 is 2.60 bits per heavy atom. The summed E-state index contributed by atoms with van der Waals surface area (Å²) in [6, 6.07) is 3.19. The summed E-state index contributed by atoms with van der Waals surface area (Å²) in [6.07, 6.45) is 0. The Labute approximate surface area is 91.7 Å². The smallest absolute Gasteiger partial charge is 0.256 e. The monoisotopic (exact) mass is 228 g/mol. The molecule has 5 heteroatoms. The largest absolute Gasteiger partial charge is 0.493 e. The minimum absolute atomic E-state index is 0.298. The Morgan fingerprint density at radius 2 is 2.00 bits per heavy atom.